The van der Waals surface area contributed by atoms with E-state index in [1.807, 2.05) is 37.3 Å². The molecule has 0 saturated carbocycles. The van der Waals surface area contributed by atoms with Gasteiger partial charge in [-0.2, -0.15) is 23.3 Å². The molecule has 0 radical (unpaired) electrons. The first-order valence-corrected chi connectivity index (χ1v) is 8.36. The lowest BCUT2D eigenvalue weighted by Gasteiger charge is -2.15. The van der Waals surface area contributed by atoms with Crippen LogP contribution in [0.5, 0.6) is 0 Å². The molecule has 0 bridgehead atoms. The Bertz CT molecular complexity index is 918. The number of rotatable bonds is 5. The van der Waals surface area contributed by atoms with Crippen LogP contribution in [0.3, 0.4) is 0 Å². The molecule has 0 spiro atoms. The van der Waals surface area contributed by atoms with E-state index in [1.54, 1.807) is 0 Å². The molecule has 140 valence electrons. The number of halogens is 4. The van der Waals surface area contributed by atoms with E-state index in [9.17, 15) is 13.2 Å². The van der Waals surface area contributed by atoms with Crippen molar-refractivity contribution in [3.63, 3.8) is 0 Å². The van der Waals surface area contributed by atoms with E-state index >= 15 is 0 Å². The SMILES string of the molecule is CC(Nc1nncc(Nc2ccc(Cl)c(C(F)(F)F)c2)n1)c1ccccc1. The van der Waals surface area contributed by atoms with Crippen LogP contribution in [0.4, 0.5) is 30.6 Å². The van der Waals surface area contributed by atoms with Crippen LogP contribution in [0.25, 0.3) is 0 Å². The minimum atomic E-state index is -4.55. The molecule has 1 aromatic heterocycles. The molecule has 0 aliphatic carbocycles. The van der Waals surface area contributed by atoms with Gasteiger partial charge in [-0.05, 0) is 30.7 Å². The van der Waals surface area contributed by atoms with E-state index in [-0.39, 0.29) is 28.5 Å². The first-order valence-electron chi connectivity index (χ1n) is 7.98. The molecule has 2 aromatic carbocycles. The van der Waals surface area contributed by atoms with Crippen LogP contribution < -0.4 is 10.6 Å². The van der Waals surface area contributed by atoms with Gasteiger partial charge in [0.25, 0.3) is 0 Å². The molecule has 2 N–H and O–H groups in total. The summed E-state index contributed by atoms with van der Waals surface area (Å²) in [6, 6.07) is 13.1. The lowest BCUT2D eigenvalue weighted by atomic mass is 10.1. The average Bonchev–Trinajstić information content (AvgIpc) is 2.63. The fourth-order valence-corrected chi connectivity index (χ4v) is 2.64. The predicted molar refractivity (Wildman–Crippen MR) is 98.0 cm³/mol. The van der Waals surface area contributed by atoms with E-state index in [0.717, 1.165) is 11.6 Å². The zero-order valence-electron chi connectivity index (χ0n) is 14.1. The number of benzene rings is 2. The van der Waals surface area contributed by atoms with Crippen molar-refractivity contribution in [3.05, 3.63) is 70.9 Å². The highest BCUT2D eigenvalue weighted by atomic mass is 35.5. The maximum atomic E-state index is 13.0. The molecule has 5 nitrogen and oxygen atoms in total. The molecule has 1 atom stereocenters. The Hall–Kier alpha value is -2.87. The largest absolute Gasteiger partial charge is 0.417 e. The highest BCUT2D eigenvalue weighted by Gasteiger charge is 2.33. The smallest absolute Gasteiger partial charge is 0.346 e. The third-order valence-corrected chi connectivity index (χ3v) is 4.08. The van der Waals surface area contributed by atoms with E-state index in [2.05, 4.69) is 25.8 Å². The summed E-state index contributed by atoms with van der Waals surface area (Å²) >= 11 is 5.63. The van der Waals surface area contributed by atoms with E-state index in [4.69, 9.17) is 11.6 Å². The topological polar surface area (TPSA) is 62.7 Å². The minimum absolute atomic E-state index is 0.0735. The summed E-state index contributed by atoms with van der Waals surface area (Å²) in [5.41, 5.74) is 0.300. The highest BCUT2D eigenvalue weighted by Crippen LogP contribution is 2.36. The van der Waals surface area contributed by atoms with E-state index in [1.165, 1.54) is 18.3 Å². The molecule has 0 fully saturated rings. The quantitative estimate of drug-likeness (QED) is 0.602. The molecular formula is C18H15ClF3N5. The lowest BCUT2D eigenvalue weighted by molar-refractivity contribution is -0.137. The van der Waals surface area contributed by atoms with Crippen LogP contribution in [-0.2, 0) is 6.18 Å². The molecule has 0 aliphatic heterocycles. The Kier molecular flexibility index (Phi) is 5.46. The first kappa shape index (κ1) is 18.9. The Morgan fingerprint density at radius 2 is 1.81 bits per heavy atom. The number of anilines is 3. The number of hydrogen-bond acceptors (Lipinski definition) is 5. The van der Waals surface area contributed by atoms with Gasteiger partial charge >= 0.3 is 6.18 Å². The zero-order valence-corrected chi connectivity index (χ0v) is 14.9. The average molecular weight is 394 g/mol. The van der Waals surface area contributed by atoms with E-state index in [0.29, 0.717) is 0 Å². The number of hydrogen-bond donors (Lipinski definition) is 2. The maximum absolute atomic E-state index is 13.0. The molecule has 1 heterocycles. The van der Waals surface area contributed by atoms with Crippen molar-refractivity contribution < 1.29 is 13.2 Å². The van der Waals surface area contributed by atoms with Crippen molar-refractivity contribution in [3.8, 4) is 0 Å². The first-order chi connectivity index (χ1) is 12.8. The van der Waals surface area contributed by atoms with Crippen molar-refractivity contribution in [2.45, 2.75) is 19.1 Å². The van der Waals surface area contributed by atoms with Gasteiger partial charge in [0.05, 0.1) is 22.8 Å². The molecule has 0 aliphatic rings. The molecule has 27 heavy (non-hydrogen) atoms. The van der Waals surface area contributed by atoms with Gasteiger partial charge in [0.2, 0.25) is 5.95 Å². The highest BCUT2D eigenvalue weighted by molar-refractivity contribution is 6.31. The van der Waals surface area contributed by atoms with Gasteiger partial charge in [-0.15, -0.1) is 5.10 Å². The summed E-state index contributed by atoms with van der Waals surface area (Å²) in [5, 5.41) is 13.3. The van der Waals surface area contributed by atoms with Crippen LogP contribution in [0.1, 0.15) is 24.1 Å². The second-order valence-corrected chi connectivity index (χ2v) is 6.17. The second-order valence-electron chi connectivity index (χ2n) is 5.76. The molecule has 3 aromatic rings. The van der Waals surface area contributed by atoms with Crippen LogP contribution in [-0.4, -0.2) is 15.2 Å². The zero-order chi connectivity index (χ0) is 19.4. The Morgan fingerprint density at radius 3 is 2.52 bits per heavy atom. The van der Waals surface area contributed by atoms with Gasteiger partial charge < -0.3 is 10.6 Å². The second kappa shape index (κ2) is 7.79. The number of nitrogens with zero attached hydrogens (tertiary/aromatic N) is 3. The molecule has 0 amide bonds. The minimum Gasteiger partial charge on any atom is -0.346 e. The Balaban J connectivity index is 1.77. The van der Waals surface area contributed by atoms with Gasteiger partial charge in [-0.25, -0.2) is 0 Å². The third kappa shape index (κ3) is 4.85. The molecule has 1 unspecified atom stereocenters. The van der Waals surface area contributed by atoms with Crippen molar-refractivity contribution in [2.75, 3.05) is 10.6 Å². The van der Waals surface area contributed by atoms with Crippen molar-refractivity contribution >= 4 is 29.1 Å². The lowest BCUT2D eigenvalue weighted by Crippen LogP contribution is -2.11. The summed E-state index contributed by atoms with van der Waals surface area (Å²) in [6.45, 7) is 1.94. The number of alkyl halides is 3. The Morgan fingerprint density at radius 1 is 1.07 bits per heavy atom. The summed E-state index contributed by atoms with van der Waals surface area (Å²) in [4.78, 5) is 4.24. The maximum Gasteiger partial charge on any atom is 0.417 e. The fraction of sp³-hybridized carbons (Fsp3) is 0.167. The summed E-state index contributed by atoms with van der Waals surface area (Å²) in [5.74, 6) is 0.504. The molecule has 0 saturated heterocycles. The summed E-state index contributed by atoms with van der Waals surface area (Å²) in [7, 11) is 0. The van der Waals surface area contributed by atoms with Crippen LogP contribution >= 0.6 is 11.6 Å². The van der Waals surface area contributed by atoms with Gasteiger partial charge in [0.15, 0.2) is 5.82 Å². The predicted octanol–water partition coefficient (Wildman–Crippen LogP) is 5.46. The van der Waals surface area contributed by atoms with Crippen molar-refractivity contribution in [2.24, 2.45) is 0 Å². The molecule has 3 rings (SSSR count). The number of nitrogens with one attached hydrogen (secondary N) is 2. The van der Waals surface area contributed by atoms with Crippen LogP contribution in [0.2, 0.25) is 5.02 Å². The third-order valence-electron chi connectivity index (χ3n) is 3.75. The molecule has 9 heteroatoms. The summed E-state index contributed by atoms with van der Waals surface area (Å²) < 4.78 is 38.9. The van der Waals surface area contributed by atoms with Gasteiger partial charge in [-0.3, -0.25) is 0 Å². The van der Waals surface area contributed by atoms with Gasteiger partial charge in [0.1, 0.15) is 0 Å². The van der Waals surface area contributed by atoms with Gasteiger partial charge in [0, 0.05) is 5.69 Å². The van der Waals surface area contributed by atoms with Crippen LogP contribution in [0, 0.1) is 0 Å². The van der Waals surface area contributed by atoms with Crippen molar-refractivity contribution in [1.82, 2.24) is 15.2 Å². The Labute approximate surface area is 158 Å². The fourth-order valence-electron chi connectivity index (χ4n) is 2.41. The monoisotopic (exact) mass is 393 g/mol. The summed E-state index contributed by atoms with van der Waals surface area (Å²) in [6.07, 6.45) is -3.23. The van der Waals surface area contributed by atoms with Crippen molar-refractivity contribution in [1.29, 1.82) is 0 Å². The molecular weight excluding hydrogens is 379 g/mol. The van der Waals surface area contributed by atoms with E-state index < -0.39 is 11.7 Å². The van der Waals surface area contributed by atoms with Crippen LogP contribution in [0.15, 0.2) is 54.7 Å². The standard InChI is InChI=1S/C18H15ClF3N5/c1-11(12-5-3-2-4-6-12)24-17-26-16(10-23-27-17)25-13-7-8-15(19)14(9-13)18(20,21)22/h2-11H,1H3,(H2,24,25,26,27). The normalized spacial score (nSPS) is 12.5. The van der Waals surface area contributed by atoms with Gasteiger partial charge in [-0.1, -0.05) is 41.9 Å². The number of aromatic nitrogens is 3.